The molecule has 1 aliphatic rings. The highest BCUT2D eigenvalue weighted by molar-refractivity contribution is 5.28. The molecule has 0 amide bonds. The van der Waals surface area contributed by atoms with Gasteiger partial charge in [-0.2, -0.15) is 0 Å². The van der Waals surface area contributed by atoms with Crippen LogP contribution in [0.1, 0.15) is 34.1 Å². The summed E-state index contributed by atoms with van der Waals surface area (Å²) in [5.41, 5.74) is 0.848. The largest absolute Gasteiger partial charge is 0.385 e. The molecule has 0 radical (unpaired) electrons. The van der Waals surface area contributed by atoms with Crippen LogP contribution in [-0.2, 0) is 11.3 Å². The van der Waals surface area contributed by atoms with Crippen LogP contribution in [0.25, 0.3) is 0 Å². The van der Waals surface area contributed by atoms with Crippen molar-refractivity contribution < 1.29 is 4.74 Å². The van der Waals surface area contributed by atoms with E-state index in [0.29, 0.717) is 16.7 Å². The van der Waals surface area contributed by atoms with Crippen LogP contribution in [0.3, 0.4) is 0 Å². The quantitative estimate of drug-likeness (QED) is 0.770. The van der Waals surface area contributed by atoms with Crippen LogP contribution in [0.4, 0.5) is 5.95 Å². The number of aryl methyl sites for hydroxylation is 1. The average Bonchev–Trinajstić information content (AvgIpc) is 2.70. The molecule has 1 aliphatic carbocycles. The molecule has 1 aromatic rings. The maximum Gasteiger partial charge on any atom is 0.202 e. The third-order valence-electron chi connectivity index (χ3n) is 5.25. The zero-order valence-corrected chi connectivity index (χ0v) is 12.9. The van der Waals surface area contributed by atoms with Crippen LogP contribution in [-0.4, -0.2) is 29.8 Å². The van der Waals surface area contributed by atoms with Gasteiger partial charge in [0.05, 0.1) is 0 Å². The molecular formula is C15H27N3O. The molecule has 1 fully saturated rings. The van der Waals surface area contributed by atoms with Crippen molar-refractivity contribution >= 4 is 5.95 Å². The number of imidazole rings is 1. The number of rotatable bonds is 7. The fraction of sp³-hybridized carbons (Fsp3) is 0.800. The Balaban J connectivity index is 1.86. The van der Waals surface area contributed by atoms with Gasteiger partial charge in [-0.25, -0.2) is 4.98 Å². The second kappa shape index (κ2) is 5.16. The predicted octanol–water partition coefficient (Wildman–Crippen LogP) is 3.01. The van der Waals surface area contributed by atoms with E-state index in [2.05, 4.69) is 42.6 Å². The molecule has 2 rings (SSSR count). The van der Waals surface area contributed by atoms with E-state index < -0.39 is 0 Å². The molecule has 0 aliphatic heterocycles. The molecule has 0 saturated heterocycles. The number of aromatic nitrogens is 2. The minimum Gasteiger partial charge on any atom is -0.385 e. The molecule has 19 heavy (non-hydrogen) atoms. The maximum absolute atomic E-state index is 5.09. The van der Waals surface area contributed by atoms with Gasteiger partial charge in [0.1, 0.15) is 0 Å². The minimum atomic E-state index is 0.424. The van der Waals surface area contributed by atoms with E-state index in [-0.39, 0.29) is 0 Å². The smallest absolute Gasteiger partial charge is 0.202 e. The van der Waals surface area contributed by atoms with Crippen LogP contribution < -0.4 is 5.32 Å². The van der Waals surface area contributed by atoms with Crippen molar-refractivity contribution in [2.75, 3.05) is 25.6 Å². The number of hydrogen-bond donors (Lipinski definition) is 1. The van der Waals surface area contributed by atoms with Crippen LogP contribution in [0.5, 0.6) is 0 Å². The maximum atomic E-state index is 5.09. The molecule has 0 unspecified atom stereocenters. The van der Waals surface area contributed by atoms with E-state index in [9.17, 15) is 0 Å². The third-order valence-corrected chi connectivity index (χ3v) is 5.25. The molecule has 4 heteroatoms. The normalized spacial score (nSPS) is 20.5. The van der Waals surface area contributed by atoms with Gasteiger partial charge in [-0.1, -0.05) is 27.7 Å². The molecule has 108 valence electrons. The minimum absolute atomic E-state index is 0.424. The Morgan fingerprint density at radius 1 is 1.32 bits per heavy atom. The predicted molar refractivity (Wildman–Crippen MR) is 78.3 cm³/mol. The zero-order chi connectivity index (χ0) is 14.1. The van der Waals surface area contributed by atoms with Crippen molar-refractivity contribution in [3.05, 3.63) is 12.4 Å². The van der Waals surface area contributed by atoms with E-state index in [1.807, 2.05) is 12.4 Å². The first-order chi connectivity index (χ1) is 8.91. The van der Waals surface area contributed by atoms with Gasteiger partial charge in [0.25, 0.3) is 0 Å². The standard InChI is InChI=1S/C15H27N3O/c1-14(2)12(15(14,3)4)11-17-13-16-7-9-18(13)8-6-10-19-5/h7,9,12H,6,8,10-11H2,1-5H3,(H,16,17). The first-order valence-corrected chi connectivity index (χ1v) is 7.15. The van der Waals surface area contributed by atoms with Gasteiger partial charge in [0.2, 0.25) is 5.95 Å². The summed E-state index contributed by atoms with van der Waals surface area (Å²) in [5, 5.41) is 3.50. The SMILES string of the molecule is COCCCn1ccnc1NCC1C(C)(C)C1(C)C. The summed E-state index contributed by atoms with van der Waals surface area (Å²) in [7, 11) is 1.74. The van der Waals surface area contributed by atoms with E-state index in [4.69, 9.17) is 4.74 Å². The molecule has 4 nitrogen and oxygen atoms in total. The van der Waals surface area contributed by atoms with Gasteiger partial charge in [-0.05, 0) is 23.2 Å². The van der Waals surface area contributed by atoms with Gasteiger partial charge in [-0.15, -0.1) is 0 Å². The van der Waals surface area contributed by atoms with Gasteiger partial charge >= 0.3 is 0 Å². The highest BCUT2D eigenvalue weighted by Crippen LogP contribution is 2.68. The van der Waals surface area contributed by atoms with Crippen molar-refractivity contribution in [1.82, 2.24) is 9.55 Å². The summed E-state index contributed by atoms with van der Waals surface area (Å²) in [4.78, 5) is 4.40. The highest BCUT2D eigenvalue weighted by atomic mass is 16.5. The summed E-state index contributed by atoms with van der Waals surface area (Å²) in [6.07, 6.45) is 4.90. The monoisotopic (exact) mass is 265 g/mol. The summed E-state index contributed by atoms with van der Waals surface area (Å²) < 4.78 is 7.26. The second-order valence-electron chi connectivity index (χ2n) is 6.67. The van der Waals surface area contributed by atoms with Gasteiger partial charge in [-0.3, -0.25) is 0 Å². The van der Waals surface area contributed by atoms with Crippen molar-refractivity contribution in [3.8, 4) is 0 Å². The lowest BCUT2D eigenvalue weighted by atomic mass is 10.0. The summed E-state index contributed by atoms with van der Waals surface area (Å²) in [5.74, 6) is 1.69. The van der Waals surface area contributed by atoms with E-state index in [1.165, 1.54) is 0 Å². The molecule has 1 heterocycles. The summed E-state index contributed by atoms with van der Waals surface area (Å²) >= 11 is 0. The lowest BCUT2D eigenvalue weighted by molar-refractivity contribution is 0.190. The van der Waals surface area contributed by atoms with Crippen LogP contribution >= 0.6 is 0 Å². The molecule has 1 aromatic heterocycles. The zero-order valence-electron chi connectivity index (χ0n) is 12.9. The second-order valence-corrected chi connectivity index (χ2v) is 6.67. The van der Waals surface area contributed by atoms with Gasteiger partial charge in [0, 0.05) is 39.2 Å². The Labute approximate surface area is 116 Å². The van der Waals surface area contributed by atoms with Crippen molar-refractivity contribution in [3.63, 3.8) is 0 Å². The van der Waals surface area contributed by atoms with E-state index >= 15 is 0 Å². The van der Waals surface area contributed by atoms with Gasteiger partial charge < -0.3 is 14.6 Å². The molecule has 0 bridgehead atoms. The van der Waals surface area contributed by atoms with Crippen molar-refractivity contribution in [1.29, 1.82) is 0 Å². The number of nitrogens with zero attached hydrogens (tertiary/aromatic N) is 2. The number of anilines is 1. The Hall–Kier alpha value is -1.03. The van der Waals surface area contributed by atoms with Gasteiger partial charge in [0.15, 0.2) is 0 Å². The number of ether oxygens (including phenoxy) is 1. The first-order valence-electron chi connectivity index (χ1n) is 7.15. The molecule has 1 saturated carbocycles. The van der Waals surface area contributed by atoms with Crippen molar-refractivity contribution in [2.45, 2.75) is 40.7 Å². The highest BCUT2D eigenvalue weighted by Gasteiger charge is 2.64. The Morgan fingerprint density at radius 3 is 2.58 bits per heavy atom. The molecule has 0 aromatic carbocycles. The Morgan fingerprint density at radius 2 is 2.00 bits per heavy atom. The summed E-state index contributed by atoms with van der Waals surface area (Å²) in [6.45, 7) is 12.2. The van der Waals surface area contributed by atoms with Crippen molar-refractivity contribution in [2.24, 2.45) is 16.7 Å². The number of methoxy groups -OCH3 is 1. The third kappa shape index (κ3) is 2.64. The number of hydrogen-bond acceptors (Lipinski definition) is 3. The average molecular weight is 265 g/mol. The Kier molecular flexibility index (Phi) is 3.90. The lowest BCUT2D eigenvalue weighted by Gasteiger charge is -2.10. The fourth-order valence-electron chi connectivity index (χ4n) is 3.07. The molecule has 0 atom stereocenters. The van der Waals surface area contributed by atoms with Crippen LogP contribution in [0, 0.1) is 16.7 Å². The fourth-order valence-corrected chi connectivity index (χ4v) is 3.07. The van der Waals surface area contributed by atoms with E-state index in [0.717, 1.165) is 32.1 Å². The molecule has 0 spiro atoms. The number of nitrogens with one attached hydrogen (secondary N) is 1. The first kappa shape index (κ1) is 14.4. The van der Waals surface area contributed by atoms with Crippen LogP contribution in [0.15, 0.2) is 12.4 Å². The summed E-state index contributed by atoms with van der Waals surface area (Å²) in [6, 6.07) is 0. The van der Waals surface area contributed by atoms with E-state index in [1.54, 1.807) is 7.11 Å². The molecule has 1 N–H and O–H groups in total. The topological polar surface area (TPSA) is 39.1 Å². The lowest BCUT2D eigenvalue weighted by Crippen LogP contribution is -2.13. The van der Waals surface area contributed by atoms with Crippen LogP contribution in [0.2, 0.25) is 0 Å². The Bertz CT molecular complexity index is 409. The molecular weight excluding hydrogens is 238 g/mol.